The van der Waals surface area contributed by atoms with Crippen molar-refractivity contribution in [2.75, 3.05) is 18.2 Å². The number of hydrazone groups is 1. The predicted molar refractivity (Wildman–Crippen MR) is 115 cm³/mol. The molecule has 2 heterocycles. The number of hydrogen-bond donors (Lipinski definition) is 1. The summed E-state index contributed by atoms with van der Waals surface area (Å²) in [5.41, 5.74) is 2.00. The zero-order valence-electron chi connectivity index (χ0n) is 16.8. The zero-order valence-corrected chi connectivity index (χ0v) is 17.6. The first-order valence-corrected chi connectivity index (χ1v) is 10.1. The van der Waals surface area contributed by atoms with E-state index in [2.05, 4.69) is 19.8 Å². The Bertz CT molecular complexity index is 1190. The number of anilines is 1. The van der Waals surface area contributed by atoms with Crippen LogP contribution in [0.25, 0.3) is 0 Å². The van der Waals surface area contributed by atoms with Crippen LogP contribution >= 0.6 is 11.6 Å². The van der Waals surface area contributed by atoms with Gasteiger partial charge in [-0.3, -0.25) is 0 Å². The molecule has 1 atom stereocenters. The van der Waals surface area contributed by atoms with Crippen LogP contribution in [0.5, 0.6) is 6.01 Å². The van der Waals surface area contributed by atoms with Crippen LogP contribution in [0.1, 0.15) is 27.4 Å². The molecule has 0 spiro atoms. The summed E-state index contributed by atoms with van der Waals surface area (Å²) in [6, 6.07) is 15.8. The number of benzene rings is 2. The second kappa shape index (κ2) is 9.07. The predicted octanol–water partition coefficient (Wildman–Crippen LogP) is 4.78. The highest BCUT2D eigenvalue weighted by Gasteiger charge is 2.34. The van der Waals surface area contributed by atoms with Gasteiger partial charge in [0.05, 0.1) is 18.5 Å². The van der Waals surface area contributed by atoms with E-state index in [1.165, 1.54) is 5.01 Å². The SMILES string of the molecule is O=C(O)c1cnc(OCC(F)(F)F)nc1N1CC(c2ccccc2)C(c2ccc(Cl)cc2)=N1. The second-order valence-electron chi connectivity index (χ2n) is 7.14. The number of rotatable bonds is 6. The molecule has 1 aliphatic rings. The lowest BCUT2D eigenvalue weighted by Gasteiger charge is -2.18. The van der Waals surface area contributed by atoms with E-state index >= 15 is 0 Å². The van der Waals surface area contributed by atoms with Crippen molar-refractivity contribution in [3.05, 3.63) is 82.5 Å². The molecule has 1 N–H and O–H groups in total. The summed E-state index contributed by atoms with van der Waals surface area (Å²) in [4.78, 5) is 19.3. The average Bonchev–Trinajstić information content (AvgIpc) is 3.23. The van der Waals surface area contributed by atoms with Gasteiger partial charge in [-0.25, -0.2) is 14.8 Å². The number of carboxylic acid groups (broad SMARTS) is 1. The summed E-state index contributed by atoms with van der Waals surface area (Å²) in [7, 11) is 0. The Hall–Kier alpha value is -3.66. The third kappa shape index (κ3) is 5.23. The summed E-state index contributed by atoms with van der Waals surface area (Å²) < 4.78 is 42.2. The molecule has 0 fully saturated rings. The van der Waals surface area contributed by atoms with E-state index in [1.807, 2.05) is 30.3 Å². The second-order valence-corrected chi connectivity index (χ2v) is 7.57. The molecule has 0 radical (unpaired) electrons. The third-order valence-electron chi connectivity index (χ3n) is 4.84. The smallest absolute Gasteiger partial charge is 0.422 e. The number of alkyl halides is 3. The molecule has 33 heavy (non-hydrogen) atoms. The standard InChI is InChI=1S/C22H16ClF3N4O3/c23-15-8-6-14(7-9-15)18-17(13-4-2-1-3-5-13)11-30(29-18)19-16(20(31)32)10-27-21(28-19)33-12-22(24,25)26/h1-10,17H,11-12H2,(H,31,32). The first kappa shape index (κ1) is 22.5. The number of aromatic carboxylic acids is 1. The number of ether oxygens (including phenoxy) is 1. The largest absolute Gasteiger partial charge is 0.477 e. The van der Waals surface area contributed by atoms with Crippen molar-refractivity contribution in [3.8, 4) is 6.01 Å². The fourth-order valence-corrected chi connectivity index (χ4v) is 3.51. The maximum atomic E-state index is 12.5. The Morgan fingerprint density at radius 1 is 1.15 bits per heavy atom. The van der Waals surface area contributed by atoms with Crippen LogP contribution in [0.4, 0.5) is 19.0 Å². The number of halogens is 4. The van der Waals surface area contributed by atoms with Crippen LogP contribution in [0, 0.1) is 0 Å². The molecule has 3 aromatic rings. The van der Waals surface area contributed by atoms with Crippen LogP contribution in [-0.4, -0.2) is 46.1 Å². The summed E-state index contributed by atoms with van der Waals surface area (Å²) in [6.45, 7) is -1.40. The molecule has 0 aliphatic carbocycles. The lowest BCUT2D eigenvalue weighted by Crippen LogP contribution is -2.23. The summed E-state index contributed by atoms with van der Waals surface area (Å²) >= 11 is 6.00. The molecular formula is C22H16ClF3N4O3. The number of hydrogen-bond acceptors (Lipinski definition) is 6. The van der Waals surface area contributed by atoms with Crippen molar-refractivity contribution in [2.24, 2.45) is 5.10 Å². The zero-order chi connectivity index (χ0) is 23.6. The molecule has 0 saturated carbocycles. The molecule has 4 rings (SSSR count). The van der Waals surface area contributed by atoms with E-state index in [-0.39, 0.29) is 23.8 Å². The number of nitrogens with zero attached hydrogens (tertiary/aromatic N) is 4. The van der Waals surface area contributed by atoms with Crippen molar-refractivity contribution < 1.29 is 27.8 Å². The molecule has 7 nitrogen and oxygen atoms in total. The fraction of sp³-hybridized carbons (Fsp3) is 0.182. The topological polar surface area (TPSA) is 87.9 Å². The molecular weight excluding hydrogens is 461 g/mol. The van der Waals surface area contributed by atoms with Crippen LogP contribution < -0.4 is 9.75 Å². The van der Waals surface area contributed by atoms with Gasteiger partial charge < -0.3 is 9.84 Å². The van der Waals surface area contributed by atoms with Crippen molar-refractivity contribution >= 4 is 29.1 Å². The van der Waals surface area contributed by atoms with Crippen LogP contribution in [0.2, 0.25) is 5.02 Å². The van der Waals surface area contributed by atoms with E-state index in [9.17, 15) is 23.1 Å². The molecule has 170 valence electrons. The maximum Gasteiger partial charge on any atom is 0.422 e. The minimum atomic E-state index is -4.60. The molecule has 11 heteroatoms. The molecule has 0 amide bonds. The molecule has 1 unspecified atom stereocenters. The lowest BCUT2D eigenvalue weighted by molar-refractivity contribution is -0.154. The van der Waals surface area contributed by atoms with Gasteiger partial charge in [-0.2, -0.15) is 23.3 Å². The van der Waals surface area contributed by atoms with E-state index in [0.29, 0.717) is 10.7 Å². The van der Waals surface area contributed by atoms with Crippen molar-refractivity contribution in [3.63, 3.8) is 0 Å². The lowest BCUT2D eigenvalue weighted by atomic mass is 9.91. The van der Waals surface area contributed by atoms with Crippen molar-refractivity contribution in [2.45, 2.75) is 12.1 Å². The van der Waals surface area contributed by atoms with Gasteiger partial charge in [-0.15, -0.1) is 0 Å². The fourth-order valence-electron chi connectivity index (χ4n) is 3.38. The number of aromatic nitrogens is 2. The monoisotopic (exact) mass is 476 g/mol. The van der Waals surface area contributed by atoms with Gasteiger partial charge in [-0.05, 0) is 23.3 Å². The summed E-state index contributed by atoms with van der Waals surface area (Å²) in [5, 5.41) is 16.0. The highest BCUT2D eigenvalue weighted by molar-refractivity contribution is 6.30. The highest BCUT2D eigenvalue weighted by Crippen LogP contribution is 2.33. The van der Waals surface area contributed by atoms with E-state index in [4.69, 9.17) is 11.6 Å². The minimum absolute atomic E-state index is 0.167. The Balaban J connectivity index is 1.76. The van der Waals surface area contributed by atoms with E-state index in [1.54, 1.807) is 24.3 Å². The molecule has 0 saturated heterocycles. The van der Waals surface area contributed by atoms with Gasteiger partial charge in [0.25, 0.3) is 0 Å². The summed E-state index contributed by atoms with van der Waals surface area (Å²) in [5.74, 6) is -1.78. The number of carbonyl (C=O) groups is 1. The van der Waals surface area contributed by atoms with Crippen LogP contribution in [0.3, 0.4) is 0 Å². The van der Waals surface area contributed by atoms with Crippen LogP contribution in [0.15, 0.2) is 65.9 Å². The first-order valence-electron chi connectivity index (χ1n) is 9.68. The maximum absolute atomic E-state index is 12.5. The first-order chi connectivity index (χ1) is 15.7. The molecule has 1 aliphatic heterocycles. The highest BCUT2D eigenvalue weighted by atomic mass is 35.5. The normalized spacial score (nSPS) is 15.9. The van der Waals surface area contributed by atoms with Gasteiger partial charge in [0.15, 0.2) is 12.4 Å². The van der Waals surface area contributed by atoms with Gasteiger partial charge in [-0.1, -0.05) is 54.1 Å². The number of carboxylic acids is 1. The Morgan fingerprint density at radius 2 is 1.85 bits per heavy atom. The van der Waals surface area contributed by atoms with Crippen LogP contribution in [-0.2, 0) is 0 Å². The van der Waals surface area contributed by atoms with E-state index in [0.717, 1.165) is 17.3 Å². The molecule has 0 bridgehead atoms. The Morgan fingerprint density at radius 3 is 2.48 bits per heavy atom. The van der Waals surface area contributed by atoms with Gasteiger partial charge in [0.1, 0.15) is 5.56 Å². The molecule has 1 aromatic heterocycles. The van der Waals surface area contributed by atoms with Gasteiger partial charge in [0, 0.05) is 10.9 Å². The molecule has 2 aromatic carbocycles. The minimum Gasteiger partial charge on any atom is -0.477 e. The van der Waals surface area contributed by atoms with Crippen molar-refractivity contribution in [1.82, 2.24) is 9.97 Å². The Labute approximate surface area is 191 Å². The van der Waals surface area contributed by atoms with E-state index < -0.39 is 24.8 Å². The third-order valence-corrected chi connectivity index (χ3v) is 5.09. The Kier molecular flexibility index (Phi) is 6.19. The van der Waals surface area contributed by atoms with Gasteiger partial charge in [0.2, 0.25) is 0 Å². The van der Waals surface area contributed by atoms with Gasteiger partial charge >= 0.3 is 18.2 Å². The average molecular weight is 477 g/mol. The quantitative estimate of drug-likeness (QED) is 0.551. The van der Waals surface area contributed by atoms with Crippen molar-refractivity contribution in [1.29, 1.82) is 0 Å². The summed E-state index contributed by atoms with van der Waals surface area (Å²) in [6.07, 6.45) is -3.69.